The summed E-state index contributed by atoms with van der Waals surface area (Å²) < 4.78 is 16.1. The number of nitrogens with zero attached hydrogens (tertiary/aromatic N) is 3. The SMILES string of the molecule is CN=C1S/C(=C\c2cc(C)n(-c3ccc(Cl)cc3F)c2C)C(=O)N1C. The molecule has 0 N–H and O–H groups in total. The Hall–Kier alpha value is -2.05. The molecular weight excluding hydrogens is 361 g/mol. The van der Waals surface area contributed by atoms with Crippen LogP contribution < -0.4 is 0 Å². The van der Waals surface area contributed by atoms with Crippen LogP contribution in [0.2, 0.25) is 5.02 Å². The number of rotatable bonds is 2. The second-order valence-electron chi connectivity index (χ2n) is 5.74. The van der Waals surface area contributed by atoms with Crippen molar-refractivity contribution in [1.29, 1.82) is 0 Å². The van der Waals surface area contributed by atoms with Crippen LogP contribution in [-0.2, 0) is 4.79 Å². The molecule has 7 heteroatoms. The lowest BCUT2D eigenvalue weighted by Crippen LogP contribution is -2.23. The molecule has 1 aromatic carbocycles. The molecule has 2 heterocycles. The van der Waals surface area contributed by atoms with Crippen molar-refractivity contribution in [2.24, 2.45) is 4.99 Å². The topological polar surface area (TPSA) is 37.6 Å². The van der Waals surface area contributed by atoms with E-state index in [0.717, 1.165) is 17.0 Å². The quantitative estimate of drug-likeness (QED) is 0.726. The molecular formula is C18H17ClFN3OS. The molecule has 0 aliphatic carbocycles. The summed E-state index contributed by atoms with van der Waals surface area (Å²) in [5, 5.41) is 1.02. The summed E-state index contributed by atoms with van der Waals surface area (Å²) in [5.74, 6) is -0.479. The maximum absolute atomic E-state index is 14.3. The highest BCUT2D eigenvalue weighted by atomic mass is 35.5. The summed E-state index contributed by atoms with van der Waals surface area (Å²) in [6.45, 7) is 3.80. The largest absolute Gasteiger partial charge is 0.315 e. The zero-order chi connectivity index (χ0) is 18.3. The highest BCUT2D eigenvalue weighted by molar-refractivity contribution is 8.18. The third-order valence-corrected chi connectivity index (χ3v) is 5.49. The molecule has 0 bridgehead atoms. The van der Waals surface area contributed by atoms with Crippen molar-refractivity contribution < 1.29 is 9.18 Å². The van der Waals surface area contributed by atoms with Crippen LogP contribution in [0.1, 0.15) is 17.0 Å². The van der Waals surface area contributed by atoms with Crippen LogP contribution in [0.4, 0.5) is 4.39 Å². The fourth-order valence-corrected chi connectivity index (χ4v) is 3.93. The first-order valence-electron chi connectivity index (χ1n) is 7.62. The number of amidine groups is 1. The lowest BCUT2D eigenvalue weighted by Gasteiger charge is -2.11. The normalized spacial score (nSPS) is 18.0. The van der Waals surface area contributed by atoms with E-state index in [1.165, 1.54) is 22.7 Å². The highest BCUT2D eigenvalue weighted by Gasteiger charge is 2.30. The first kappa shape index (κ1) is 17.8. The number of aryl methyl sites for hydroxylation is 1. The number of hydrogen-bond acceptors (Lipinski definition) is 3. The average Bonchev–Trinajstić information content (AvgIpc) is 2.99. The number of aliphatic imine (C=N–C) groups is 1. The van der Waals surface area contributed by atoms with Gasteiger partial charge in [-0.2, -0.15) is 0 Å². The maximum atomic E-state index is 14.3. The van der Waals surface area contributed by atoms with E-state index >= 15 is 0 Å². The predicted octanol–water partition coefficient (Wildman–Crippen LogP) is 4.42. The Morgan fingerprint density at radius 1 is 1.28 bits per heavy atom. The van der Waals surface area contributed by atoms with Crippen LogP contribution in [-0.4, -0.2) is 34.6 Å². The van der Waals surface area contributed by atoms with Gasteiger partial charge in [-0.3, -0.25) is 14.7 Å². The number of carbonyl (C=O) groups is 1. The molecule has 1 aliphatic rings. The van der Waals surface area contributed by atoms with Crippen LogP contribution in [0.15, 0.2) is 34.2 Å². The van der Waals surface area contributed by atoms with E-state index in [4.69, 9.17) is 11.6 Å². The van der Waals surface area contributed by atoms with Gasteiger partial charge in [0.1, 0.15) is 5.82 Å². The fourth-order valence-electron chi connectivity index (χ4n) is 2.86. The Bertz CT molecular complexity index is 933. The Kier molecular flexibility index (Phi) is 4.75. The van der Waals surface area contributed by atoms with Crippen LogP contribution in [0.5, 0.6) is 0 Å². The van der Waals surface area contributed by atoms with Crippen molar-refractivity contribution in [2.45, 2.75) is 13.8 Å². The average molecular weight is 378 g/mol. The van der Waals surface area contributed by atoms with Gasteiger partial charge < -0.3 is 4.57 Å². The van der Waals surface area contributed by atoms with Crippen LogP contribution in [0, 0.1) is 19.7 Å². The molecule has 0 spiro atoms. The third-order valence-electron chi connectivity index (χ3n) is 4.10. The Labute approximate surface area is 155 Å². The van der Waals surface area contributed by atoms with Gasteiger partial charge in [0.25, 0.3) is 5.91 Å². The molecule has 130 valence electrons. The van der Waals surface area contributed by atoms with Gasteiger partial charge in [0.2, 0.25) is 0 Å². The summed E-state index contributed by atoms with van der Waals surface area (Å²) in [5.41, 5.74) is 3.03. The summed E-state index contributed by atoms with van der Waals surface area (Å²) >= 11 is 7.18. The number of halogens is 2. The molecule has 0 unspecified atom stereocenters. The highest BCUT2D eigenvalue weighted by Crippen LogP contribution is 2.33. The molecule has 1 aromatic heterocycles. The summed E-state index contributed by atoms with van der Waals surface area (Å²) in [7, 11) is 3.36. The summed E-state index contributed by atoms with van der Waals surface area (Å²) in [4.78, 5) is 18.5. The van der Waals surface area contributed by atoms with Crippen molar-refractivity contribution >= 4 is 40.5 Å². The van der Waals surface area contributed by atoms with Crippen molar-refractivity contribution in [3.8, 4) is 5.69 Å². The number of amides is 1. The molecule has 1 amide bonds. The zero-order valence-corrected chi connectivity index (χ0v) is 15.9. The van der Waals surface area contributed by atoms with Gasteiger partial charge >= 0.3 is 0 Å². The standard InChI is InChI=1S/C18H17ClFN3OS/c1-10-7-12(8-16-17(24)22(4)18(21-3)25-16)11(2)23(10)15-6-5-13(19)9-14(15)20/h5-9H,1-4H3/b16-8-,21-18?. The number of hydrogen-bond donors (Lipinski definition) is 0. The van der Waals surface area contributed by atoms with E-state index in [1.54, 1.807) is 26.2 Å². The van der Waals surface area contributed by atoms with Gasteiger partial charge in [-0.25, -0.2) is 4.39 Å². The van der Waals surface area contributed by atoms with Gasteiger partial charge in [0.05, 0.1) is 10.6 Å². The van der Waals surface area contributed by atoms with Gasteiger partial charge in [0, 0.05) is 30.5 Å². The van der Waals surface area contributed by atoms with Gasteiger partial charge in [-0.15, -0.1) is 0 Å². The smallest absolute Gasteiger partial charge is 0.266 e. The second-order valence-corrected chi connectivity index (χ2v) is 7.18. The first-order valence-corrected chi connectivity index (χ1v) is 8.81. The van der Waals surface area contributed by atoms with E-state index in [1.807, 2.05) is 30.6 Å². The molecule has 4 nitrogen and oxygen atoms in total. The van der Waals surface area contributed by atoms with Gasteiger partial charge in [0.15, 0.2) is 5.17 Å². The van der Waals surface area contributed by atoms with Crippen LogP contribution in [0.25, 0.3) is 11.8 Å². The monoisotopic (exact) mass is 377 g/mol. The van der Waals surface area contributed by atoms with Crippen molar-refractivity contribution in [3.63, 3.8) is 0 Å². The van der Waals surface area contributed by atoms with E-state index in [0.29, 0.717) is 20.8 Å². The Morgan fingerprint density at radius 2 is 2.00 bits per heavy atom. The number of carbonyl (C=O) groups excluding carboxylic acids is 1. The molecule has 0 atom stereocenters. The van der Waals surface area contributed by atoms with E-state index in [9.17, 15) is 9.18 Å². The fraction of sp³-hybridized carbons (Fsp3) is 0.222. The number of thioether (sulfide) groups is 1. The van der Waals surface area contributed by atoms with Crippen molar-refractivity contribution in [3.05, 3.63) is 57.0 Å². The van der Waals surface area contributed by atoms with Crippen molar-refractivity contribution in [1.82, 2.24) is 9.47 Å². The predicted molar refractivity (Wildman–Crippen MR) is 102 cm³/mol. The molecule has 3 rings (SSSR count). The molecule has 1 fully saturated rings. The lowest BCUT2D eigenvalue weighted by atomic mass is 10.2. The van der Waals surface area contributed by atoms with Crippen LogP contribution in [0.3, 0.4) is 0 Å². The van der Waals surface area contributed by atoms with E-state index in [-0.39, 0.29) is 11.7 Å². The zero-order valence-electron chi connectivity index (χ0n) is 14.3. The minimum atomic E-state index is -0.389. The molecule has 2 aromatic rings. The Balaban J connectivity index is 2.07. The lowest BCUT2D eigenvalue weighted by molar-refractivity contribution is -0.121. The summed E-state index contributed by atoms with van der Waals surface area (Å²) in [6.07, 6.45) is 1.83. The molecule has 1 aliphatic heterocycles. The molecule has 0 radical (unpaired) electrons. The van der Waals surface area contributed by atoms with Gasteiger partial charge in [-0.05, 0) is 61.5 Å². The molecule has 0 saturated carbocycles. The Morgan fingerprint density at radius 3 is 2.60 bits per heavy atom. The maximum Gasteiger partial charge on any atom is 0.266 e. The number of likely N-dealkylation sites (N-methyl/N-ethyl adjacent to an activating group) is 1. The van der Waals surface area contributed by atoms with Gasteiger partial charge in [-0.1, -0.05) is 11.6 Å². The van der Waals surface area contributed by atoms with Crippen LogP contribution >= 0.6 is 23.4 Å². The molecule has 25 heavy (non-hydrogen) atoms. The first-order chi connectivity index (χ1) is 11.8. The summed E-state index contributed by atoms with van der Waals surface area (Å²) in [6, 6.07) is 6.54. The van der Waals surface area contributed by atoms with E-state index < -0.39 is 0 Å². The minimum absolute atomic E-state index is 0.0897. The molecule has 1 saturated heterocycles. The van der Waals surface area contributed by atoms with E-state index in [2.05, 4.69) is 4.99 Å². The van der Waals surface area contributed by atoms with Crippen molar-refractivity contribution in [2.75, 3.05) is 14.1 Å². The second kappa shape index (κ2) is 6.69. The number of aromatic nitrogens is 1. The minimum Gasteiger partial charge on any atom is -0.315 e. The number of benzene rings is 1. The third kappa shape index (κ3) is 3.12.